The van der Waals surface area contributed by atoms with Gasteiger partial charge in [0.25, 0.3) is 9.58 Å². The number of halogens is 6. The van der Waals surface area contributed by atoms with Gasteiger partial charge in [0.2, 0.25) is 5.78 Å². The fourth-order valence-electron chi connectivity index (χ4n) is 0.839. The van der Waals surface area contributed by atoms with Crippen molar-refractivity contribution in [2.75, 3.05) is 6.61 Å². The fraction of sp³-hybridized carbons (Fsp3) is 0.600. The largest absolute Gasteiger partial charge is 0.500 e. The molecule has 0 aromatic carbocycles. The average Bonchev–Trinajstić information content (AvgIpc) is 2.19. The Morgan fingerprint density at radius 2 is 1.63 bits per heavy atom. The number of rotatable bonds is 5. The molecule has 0 rings (SSSR count). The molecule has 0 saturated heterocycles. The molecule has 0 aliphatic heterocycles. The molecule has 0 aliphatic carbocycles. The topological polar surface area (TPSA) is 43.4 Å². The highest BCUT2D eigenvalue weighted by Crippen LogP contribution is 2.32. The average molecular weight is 342 g/mol. The fourth-order valence-corrected chi connectivity index (χ4v) is 1.14. The number of ether oxygens (including phenoxy) is 1. The van der Waals surface area contributed by atoms with Crippen LogP contribution >= 0.6 is 34.8 Å². The van der Waals surface area contributed by atoms with Gasteiger partial charge in [0.15, 0.2) is 0 Å². The SMILES string of the molecule is CC(C)CO/C=C(/C(=O)C(F)(F)F)C(=O)C(Cl)(Cl)Cl. The van der Waals surface area contributed by atoms with Crippen molar-refractivity contribution in [3.63, 3.8) is 0 Å². The minimum absolute atomic E-state index is 0.00176. The summed E-state index contributed by atoms with van der Waals surface area (Å²) >= 11 is 15.5. The Morgan fingerprint density at radius 1 is 1.16 bits per heavy atom. The first kappa shape index (κ1) is 18.5. The second kappa shape index (κ2) is 6.81. The molecule has 0 amide bonds. The minimum Gasteiger partial charge on any atom is -0.500 e. The highest BCUT2D eigenvalue weighted by atomic mass is 35.6. The van der Waals surface area contributed by atoms with Crippen molar-refractivity contribution in [2.24, 2.45) is 5.92 Å². The van der Waals surface area contributed by atoms with E-state index in [1.807, 2.05) is 0 Å². The van der Waals surface area contributed by atoms with Gasteiger partial charge in [-0.25, -0.2) is 0 Å². The predicted octanol–water partition coefficient (Wildman–Crippen LogP) is 3.61. The monoisotopic (exact) mass is 340 g/mol. The highest BCUT2D eigenvalue weighted by molar-refractivity contribution is 6.78. The van der Waals surface area contributed by atoms with E-state index in [4.69, 9.17) is 39.5 Å². The van der Waals surface area contributed by atoms with Gasteiger partial charge in [-0.3, -0.25) is 9.59 Å². The highest BCUT2D eigenvalue weighted by Gasteiger charge is 2.47. The zero-order chi connectivity index (χ0) is 15.4. The number of ketones is 2. The lowest BCUT2D eigenvalue weighted by Crippen LogP contribution is -2.33. The third kappa shape index (κ3) is 6.49. The first-order valence-corrected chi connectivity index (χ1v) is 6.05. The first-order valence-electron chi connectivity index (χ1n) is 4.92. The molecule has 0 radical (unpaired) electrons. The summed E-state index contributed by atoms with van der Waals surface area (Å²) in [6, 6.07) is 0. The van der Waals surface area contributed by atoms with E-state index in [0.717, 1.165) is 0 Å². The molecule has 0 saturated carbocycles. The molecule has 0 heterocycles. The number of allylic oxidation sites excluding steroid dienone is 1. The Bertz CT molecular complexity index is 356. The Hall–Kier alpha value is -0.460. The van der Waals surface area contributed by atoms with E-state index in [2.05, 4.69) is 0 Å². The Balaban J connectivity index is 5.28. The van der Waals surface area contributed by atoms with Crippen molar-refractivity contribution in [3.8, 4) is 0 Å². The van der Waals surface area contributed by atoms with E-state index in [9.17, 15) is 22.8 Å². The normalized spacial score (nSPS) is 13.6. The van der Waals surface area contributed by atoms with Crippen LogP contribution in [0, 0.1) is 5.92 Å². The second-order valence-corrected chi connectivity index (χ2v) is 6.19. The Kier molecular flexibility index (Phi) is 6.65. The maximum absolute atomic E-state index is 12.3. The number of Topliss-reactive ketones (excluding diaryl/α,β-unsaturated/α-hetero) is 2. The van der Waals surface area contributed by atoms with Gasteiger partial charge in [0, 0.05) is 0 Å². The van der Waals surface area contributed by atoms with E-state index in [1.165, 1.54) is 0 Å². The van der Waals surface area contributed by atoms with Crippen LogP contribution in [0.15, 0.2) is 11.8 Å². The summed E-state index contributed by atoms with van der Waals surface area (Å²) in [4.78, 5) is 22.5. The summed E-state index contributed by atoms with van der Waals surface area (Å²) in [5.74, 6) is -4.04. The van der Waals surface area contributed by atoms with Gasteiger partial charge in [-0.2, -0.15) is 13.2 Å². The zero-order valence-corrected chi connectivity index (χ0v) is 12.1. The summed E-state index contributed by atoms with van der Waals surface area (Å²) in [5, 5.41) is 0. The Morgan fingerprint density at radius 3 is 1.95 bits per heavy atom. The van der Waals surface area contributed by atoms with Gasteiger partial charge < -0.3 is 4.74 Å². The van der Waals surface area contributed by atoms with Crippen molar-refractivity contribution in [1.29, 1.82) is 0 Å². The van der Waals surface area contributed by atoms with E-state index in [1.54, 1.807) is 13.8 Å². The number of carbonyl (C=O) groups excluding carboxylic acids is 2. The third-order valence-corrected chi connectivity index (χ3v) is 2.15. The van der Waals surface area contributed by atoms with Gasteiger partial charge in [-0.15, -0.1) is 0 Å². The van der Waals surface area contributed by atoms with Crippen LogP contribution < -0.4 is 0 Å². The van der Waals surface area contributed by atoms with Crippen LogP contribution in [0.3, 0.4) is 0 Å². The molecule has 0 fully saturated rings. The molecule has 3 nitrogen and oxygen atoms in total. The number of hydrogen-bond donors (Lipinski definition) is 0. The number of carbonyl (C=O) groups is 2. The van der Waals surface area contributed by atoms with Crippen LogP contribution in [-0.4, -0.2) is 28.1 Å². The standard InChI is InChI=1S/C10H10Cl3F3O3/c1-5(2)3-19-4-6(7(17)9(11,12)13)8(18)10(14,15)16/h4-5H,3H2,1-2H3/b6-4+. The summed E-state index contributed by atoms with van der Waals surface area (Å²) in [6.07, 6.45) is -4.89. The van der Waals surface area contributed by atoms with Gasteiger partial charge in [-0.1, -0.05) is 48.7 Å². The van der Waals surface area contributed by atoms with E-state index in [-0.39, 0.29) is 12.5 Å². The third-order valence-electron chi connectivity index (χ3n) is 1.63. The van der Waals surface area contributed by atoms with E-state index in [0.29, 0.717) is 6.26 Å². The molecule has 0 aliphatic rings. The summed E-state index contributed by atoms with van der Waals surface area (Å²) < 4.78 is 39.0. The van der Waals surface area contributed by atoms with Gasteiger partial charge in [0.05, 0.1) is 12.9 Å². The number of hydrogen-bond acceptors (Lipinski definition) is 3. The lowest BCUT2D eigenvalue weighted by Gasteiger charge is -2.14. The van der Waals surface area contributed by atoms with Crippen molar-refractivity contribution in [1.82, 2.24) is 0 Å². The molecule has 9 heteroatoms. The van der Waals surface area contributed by atoms with Crippen LogP contribution in [0.25, 0.3) is 0 Å². The Labute approximate surface area is 122 Å². The lowest BCUT2D eigenvalue weighted by molar-refractivity contribution is -0.167. The summed E-state index contributed by atoms with van der Waals surface area (Å²) in [5.41, 5.74) is -1.35. The summed E-state index contributed by atoms with van der Waals surface area (Å²) in [7, 11) is 0. The van der Waals surface area contributed by atoms with Crippen molar-refractivity contribution in [2.45, 2.75) is 23.8 Å². The molecule has 0 N–H and O–H groups in total. The zero-order valence-electron chi connectivity index (χ0n) is 9.85. The predicted molar refractivity (Wildman–Crippen MR) is 65.2 cm³/mol. The molecule has 0 atom stereocenters. The van der Waals surface area contributed by atoms with Crippen LogP contribution in [0.2, 0.25) is 0 Å². The van der Waals surface area contributed by atoms with Crippen LogP contribution in [0.5, 0.6) is 0 Å². The molecule has 110 valence electrons. The van der Waals surface area contributed by atoms with Crippen molar-refractivity contribution < 1.29 is 27.5 Å². The van der Waals surface area contributed by atoms with Crippen molar-refractivity contribution >= 4 is 46.4 Å². The first-order chi connectivity index (χ1) is 8.37. The summed E-state index contributed by atoms with van der Waals surface area (Å²) in [6.45, 7) is 3.44. The molecule has 0 aromatic heterocycles. The minimum atomic E-state index is -5.27. The van der Waals surface area contributed by atoms with Crippen LogP contribution in [-0.2, 0) is 14.3 Å². The lowest BCUT2D eigenvalue weighted by atomic mass is 10.1. The van der Waals surface area contributed by atoms with Crippen molar-refractivity contribution in [3.05, 3.63) is 11.8 Å². The molecule has 0 unspecified atom stereocenters. The van der Waals surface area contributed by atoms with E-state index < -0.39 is 27.1 Å². The second-order valence-electron chi connectivity index (χ2n) is 3.91. The number of alkyl halides is 6. The molecule has 0 bridgehead atoms. The molecule has 0 spiro atoms. The van der Waals surface area contributed by atoms with Gasteiger partial charge in [-0.05, 0) is 5.92 Å². The quantitative estimate of drug-likeness (QED) is 0.252. The van der Waals surface area contributed by atoms with E-state index >= 15 is 0 Å². The van der Waals surface area contributed by atoms with Crippen LogP contribution in [0.4, 0.5) is 13.2 Å². The molecular formula is C10H10Cl3F3O3. The van der Waals surface area contributed by atoms with Gasteiger partial charge >= 0.3 is 6.18 Å². The maximum atomic E-state index is 12.3. The molecule has 0 aromatic rings. The van der Waals surface area contributed by atoms with Crippen LogP contribution in [0.1, 0.15) is 13.8 Å². The smallest absolute Gasteiger partial charge is 0.455 e. The molecular weight excluding hydrogens is 331 g/mol. The maximum Gasteiger partial charge on any atom is 0.455 e. The molecule has 19 heavy (non-hydrogen) atoms. The van der Waals surface area contributed by atoms with Gasteiger partial charge in [0.1, 0.15) is 5.57 Å².